The van der Waals surface area contributed by atoms with Crippen molar-refractivity contribution in [3.05, 3.63) is 35.2 Å². The van der Waals surface area contributed by atoms with E-state index in [4.69, 9.17) is 4.98 Å². The van der Waals surface area contributed by atoms with Gasteiger partial charge in [0.2, 0.25) is 0 Å². The summed E-state index contributed by atoms with van der Waals surface area (Å²) in [6.45, 7) is 6.35. The highest BCUT2D eigenvalue weighted by Gasteiger charge is 2.13. The molecule has 0 fully saturated rings. The third kappa shape index (κ3) is 1.93. The third-order valence-corrected chi connectivity index (χ3v) is 3.59. The molecule has 19 heavy (non-hydrogen) atoms. The second-order valence-electron chi connectivity index (χ2n) is 5.06. The molecule has 0 radical (unpaired) electrons. The standard InChI is InChI=1S/C15H18N4/c1-5-12-11(8-19(4)18-12)15-16-13-6-9(2)10(3)7-14(13)17-15/h6-8H,5H2,1-4H3,(H,16,17). The first-order chi connectivity index (χ1) is 9.08. The minimum atomic E-state index is 0.907. The lowest BCUT2D eigenvalue weighted by atomic mass is 10.1. The molecule has 0 saturated heterocycles. The van der Waals surface area contributed by atoms with Crippen molar-refractivity contribution >= 4 is 11.0 Å². The molecule has 0 aliphatic carbocycles. The van der Waals surface area contributed by atoms with Crippen LogP contribution in [-0.4, -0.2) is 19.7 Å². The summed E-state index contributed by atoms with van der Waals surface area (Å²) in [4.78, 5) is 8.10. The molecule has 1 aromatic carbocycles. The highest BCUT2D eigenvalue weighted by molar-refractivity contribution is 5.81. The van der Waals surface area contributed by atoms with Gasteiger partial charge < -0.3 is 4.98 Å². The SMILES string of the molecule is CCc1nn(C)cc1-c1nc2cc(C)c(C)cc2[nH]1. The molecule has 0 unspecified atom stereocenters. The second kappa shape index (κ2) is 4.23. The molecule has 2 aromatic heterocycles. The summed E-state index contributed by atoms with van der Waals surface area (Å²) in [5.74, 6) is 0.907. The van der Waals surface area contributed by atoms with Crippen molar-refractivity contribution in [2.24, 2.45) is 7.05 Å². The number of aryl methyl sites for hydroxylation is 4. The highest BCUT2D eigenvalue weighted by Crippen LogP contribution is 2.25. The van der Waals surface area contributed by atoms with E-state index in [0.29, 0.717) is 0 Å². The first-order valence-corrected chi connectivity index (χ1v) is 6.58. The molecular formula is C15H18N4. The number of aromatic nitrogens is 4. The lowest BCUT2D eigenvalue weighted by molar-refractivity contribution is 0.746. The molecule has 0 aliphatic heterocycles. The molecular weight excluding hydrogens is 236 g/mol. The summed E-state index contributed by atoms with van der Waals surface area (Å²) in [6, 6.07) is 4.29. The monoisotopic (exact) mass is 254 g/mol. The maximum atomic E-state index is 4.70. The van der Waals surface area contributed by atoms with E-state index in [1.54, 1.807) is 0 Å². The van der Waals surface area contributed by atoms with E-state index in [-0.39, 0.29) is 0 Å². The number of benzene rings is 1. The molecule has 3 rings (SSSR count). The number of fused-ring (bicyclic) bond motifs is 1. The summed E-state index contributed by atoms with van der Waals surface area (Å²) in [6.07, 6.45) is 2.93. The number of hydrogen-bond acceptors (Lipinski definition) is 2. The summed E-state index contributed by atoms with van der Waals surface area (Å²) >= 11 is 0. The smallest absolute Gasteiger partial charge is 0.141 e. The van der Waals surface area contributed by atoms with Crippen LogP contribution in [0.2, 0.25) is 0 Å². The Morgan fingerprint density at radius 1 is 1.21 bits per heavy atom. The van der Waals surface area contributed by atoms with E-state index in [1.165, 1.54) is 11.1 Å². The minimum absolute atomic E-state index is 0.907. The summed E-state index contributed by atoms with van der Waals surface area (Å²) < 4.78 is 1.85. The Morgan fingerprint density at radius 2 is 1.95 bits per heavy atom. The third-order valence-electron chi connectivity index (χ3n) is 3.59. The van der Waals surface area contributed by atoms with Gasteiger partial charge in [-0.3, -0.25) is 4.68 Å². The lowest BCUT2D eigenvalue weighted by Gasteiger charge is -1.97. The van der Waals surface area contributed by atoms with Crippen molar-refractivity contribution < 1.29 is 0 Å². The van der Waals surface area contributed by atoms with Gasteiger partial charge >= 0.3 is 0 Å². The van der Waals surface area contributed by atoms with Gasteiger partial charge in [-0.2, -0.15) is 5.10 Å². The summed E-state index contributed by atoms with van der Waals surface area (Å²) in [7, 11) is 1.94. The number of imidazole rings is 1. The Kier molecular flexibility index (Phi) is 2.66. The summed E-state index contributed by atoms with van der Waals surface area (Å²) in [5.41, 5.74) is 6.83. The number of rotatable bonds is 2. The molecule has 2 heterocycles. The Hall–Kier alpha value is -2.10. The molecule has 0 aliphatic rings. The van der Waals surface area contributed by atoms with Crippen LogP contribution in [0.25, 0.3) is 22.4 Å². The number of nitrogens with zero attached hydrogens (tertiary/aromatic N) is 3. The fraction of sp³-hybridized carbons (Fsp3) is 0.333. The van der Waals surface area contributed by atoms with E-state index >= 15 is 0 Å². The van der Waals surface area contributed by atoms with Crippen molar-refractivity contribution in [3.63, 3.8) is 0 Å². The van der Waals surface area contributed by atoms with E-state index in [2.05, 4.69) is 43.0 Å². The van der Waals surface area contributed by atoms with Gasteiger partial charge in [-0.05, 0) is 43.5 Å². The van der Waals surface area contributed by atoms with E-state index in [1.807, 2.05) is 17.9 Å². The molecule has 4 nitrogen and oxygen atoms in total. The van der Waals surface area contributed by atoms with Gasteiger partial charge in [0.15, 0.2) is 0 Å². The molecule has 0 atom stereocenters. The Balaban J connectivity index is 2.20. The number of nitrogens with one attached hydrogen (secondary N) is 1. The van der Waals surface area contributed by atoms with Crippen molar-refractivity contribution in [1.29, 1.82) is 0 Å². The number of aromatic amines is 1. The summed E-state index contributed by atoms with van der Waals surface area (Å²) in [5, 5.41) is 4.47. The van der Waals surface area contributed by atoms with E-state index in [9.17, 15) is 0 Å². The lowest BCUT2D eigenvalue weighted by Crippen LogP contribution is -1.89. The Labute approximate surface area is 112 Å². The van der Waals surface area contributed by atoms with Crippen molar-refractivity contribution in [3.8, 4) is 11.4 Å². The van der Waals surface area contributed by atoms with Gasteiger partial charge in [0.25, 0.3) is 0 Å². The van der Waals surface area contributed by atoms with Crippen molar-refractivity contribution in [1.82, 2.24) is 19.7 Å². The molecule has 1 N–H and O–H groups in total. The highest BCUT2D eigenvalue weighted by atomic mass is 15.3. The van der Waals surface area contributed by atoms with Gasteiger partial charge in [-0.25, -0.2) is 4.98 Å². The van der Waals surface area contributed by atoms with Gasteiger partial charge in [0.05, 0.1) is 22.3 Å². The topological polar surface area (TPSA) is 46.5 Å². The fourth-order valence-electron chi connectivity index (χ4n) is 2.39. The molecule has 0 bridgehead atoms. The fourth-order valence-corrected chi connectivity index (χ4v) is 2.39. The van der Waals surface area contributed by atoms with Gasteiger partial charge in [0, 0.05) is 13.2 Å². The zero-order valence-electron chi connectivity index (χ0n) is 11.8. The Morgan fingerprint density at radius 3 is 2.68 bits per heavy atom. The maximum absolute atomic E-state index is 4.70. The predicted molar refractivity (Wildman–Crippen MR) is 77.1 cm³/mol. The first-order valence-electron chi connectivity index (χ1n) is 6.58. The Bertz CT molecular complexity index is 710. The predicted octanol–water partition coefficient (Wildman–Crippen LogP) is 3.14. The molecule has 98 valence electrons. The minimum Gasteiger partial charge on any atom is -0.338 e. The van der Waals surface area contributed by atoms with Crippen LogP contribution in [0.3, 0.4) is 0 Å². The zero-order chi connectivity index (χ0) is 13.6. The van der Waals surface area contributed by atoms with Crippen LogP contribution in [0.4, 0.5) is 0 Å². The molecule has 0 spiro atoms. The quantitative estimate of drug-likeness (QED) is 0.763. The molecule has 0 amide bonds. The van der Waals surface area contributed by atoms with Crippen LogP contribution in [0, 0.1) is 13.8 Å². The maximum Gasteiger partial charge on any atom is 0.141 e. The van der Waals surface area contributed by atoms with Crippen LogP contribution in [0.1, 0.15) is 23.7 Å². The van der Waals surface area contributed by atoms with Crippen LogP contribution < -0.4 is 0 Å². The van der Waals surface area contributed by atoms with Crippen LogP contribution >= 0.6 is 0 Å². The van der Waals surface area contributed by atoms with Gasteiger partial charge in [-0.1, -0.05) is 6.92 Å². The van der Waals surface area contributed by atoms with Crippen LogP contribution in [0.5, 0.6) is 0 Å². The van der Waals surface area contributed by atoms with Gasteiger partial charge in [0.1, 0.15) is 5.82 Å². The van der Waals surface area contributed by atoms with Crippen LogP contribution in [-0.2, 0) is 13.5 Å². The van der Waals surface area contributed by atoms with Crippen LogP contribution in [0.15, 0.2) is 18.3 Å². The largest absolute Gasteiger partial charge is 0.338 e. The van der Waals surface area contributed by atoms with Crippen molar-refractivity contribution in [2.75, 3.05) is 0 Å². The average molecular weight is 254 g/mol. The molecule has 0 saturated carbocycles. The normalized spacial score (nSPS) is 11.4. The zero-order valence-corrected chi connectivity index (χ0v) is 11.8. The number of hydrogen-bond donors (Lipinski definition) is 1. The average Bonchev–Trinajstić information content (AvgIpc) is 2.93. The number of H-pyrrole nitrogens is 1. The second-order valence-corrected chi connectivity index (χ2v) is 5.06. The van der Waals surface area contributed by atoms with E-state index < -0.39 is 0 Å². The van der Waals surface area contributed by atoms with Crippen molar-refractivity contribution in [2.45, 2.75) is 27.2 Å². The van der Waals surface area contributed by atoms with E-state index in [0.717, 1.165) is 34.5 Å². The first kappa shape index (κ1) is 12.0. The van der Waals surface area contributed by atoms with Gasteiger partial charge in [-0.15, -0.1) is 0 Å². The molecule has 3 aromatic rings. The molecule has 4 heteroatoms.